The molecule has 4 rings (SSSR count). The highest BCUT2D eigenvalue weighted by Crippen LogP contribution is 2.37. The lowest BCUT2D eigenvalue weighted by molar-refractivity contribution is -0.137. The van der Waals surface area contributed by atoms with E-state index in [1.165, 1.54) is 24.3 Å². The van der Waals surface area contributed by atoms with Gasteiger partial charge in [-0.05, 0) is 67.1 Å². The molecule has 0 amide bonds. The fraction of sp³-hybridized carbons (Fsp3) is 0.250. The fourth-order valence-corrected chi connectivity index (χ4v) is 4.99. The average Bonchev–Trinajstić information content (AvgIpc) is 3.18. The highest BCUT2D eigenvalue weighted by molar-refractivity contribution is 7.14. The van der Waals surface area contributed by atoms with Crippen molar-refractivity contribution >= 4 is 22.9 Å². The lowest BCUT2D eigenvalue weighted by atomic mass is 9.78. The zero-order valence-corrected chi connectivity index (χ0v) is 17.1. The molecule has 0 N–H and O–H groups in total. The molecule has 6 heteroatoms. The van der Waals surface area contributed by atoms with Gasteiger partial charge < -0.3 is 0 Å². The molecule has 1 heterocycles. The number of benzene rings is 2. The maximum Gasteiger partial charge on any atom is 0.416 e. The maximum absolute atomic E-state index is 13.1. The quantitative estimate of drug-likeness (QED) is 0.438. The molecule has 1 aliphatic rings. The predicted octanol–water partition coefficient (Wildman–Crippen LogP) is 6.62. The Balaban J connectivity index is 1.64. The van der Waals surface area contributed by atoms with Gasteiger partial charge in [0.25, 0.3) is 0 Å². The van der Waals surface area contributed by atoms with Crippen LogP contribution in [0.2, 0.25) is 0 Å². The Morgan fingerprint density at radius 3 is 2.50 bits per heavy atom. The van der Waals surface area contributed by atoms with Crippen LogP contribution in [0.5, 0.6) is 0 Å². The summed E-state index contributed by atoms with van der Waals surface area (Å²) in [6.45, 7) is 1.52. The minimum atomic E-state index is -4.41. The Bertz CT molecular complexity index is 1130. The number of carbonyl (C=O) groups is 2. The summed E-state index contributed by atoms with van der Waals surface area (Å²) >= 11 is 1.41. The van der Waals surface area contributed by atoms with Crippen LogP contribution in [0, 0.1) is 5.92 Å². The van der Waals surface area contributed by atoms with Gasteiger partial charge in [0.15, 0.2) is 11.6 Å². The number of alkyl halides is 3. The van der Waals surface area contributed by atoms with Crippen LogP contribution in [-0.2, 0) is 19.0 Å². The van der Waals surface area contributed by atoms with Crippen LogP contribution in [-0.4, -0.2) is 11.6 Å². The highest BCUT2D eigenvalue weighted by atomic mass is 32.1. The van der Waals surface area contributed by atoms with Crippen LogP contribution in [0.3, 0.4) is 0 Å². The summed E-state index contributed by atoms with van der Waals surface area (Å²) in [5, 5.41) is 0. The van der Waals surface area contributed by atoms with Gasteiger partial charge in [0.05, 0.1) is 10.4 Å². The standard InChI is InChI=1S/C24H19F3O2S/c1-14(28)22-11-9-18(30-22)13-16-8-10-20-19(6-3-7-21(20)23(16)29)15-4-2-5-17(12-15)24(25,26)27/h2-7,9,11-12,16H,8,10,13H2,1H3. The van der Waals surface area contributed by atoms with Gasteiger partial charge in [-0.25, -0.2) is 0 Å². The third-order valence-corrected chi connectivity index (χ3v) is 6.72. The summed E-state index contributed by atoms with van der Waals surface area (Å²) < 4.78 is 39.4. The molecular formula is C24H19F3O2S. The van der Waals surface area contributed by atoms with E-state index < -0.39 is 11.7 Å². The Labute approximate surface area is 176 Å². The van der Waals surface area contributed by atoms with E-state index in [9.17, 15) is 22.8 Å². The minimum Gasteiger partial charge on any atom is -0.294 e. The molecule has 0 fully saturated rings. The first-order valence-corrected chi connectivity index (χ1v) is 10.5. The Morgan fingerprint density at radius 2 is 1.80 bits per heavy atom. The molecule has 0 radical (unpaired) electrons. The van der Waals surface area contributed by atoms with Crippen molar-refractivity contribution in [2.45, 2.75) is 32.4 Å². The van der Waals surface area contributed by atoms with Crippen LogP contribution >= 0.6 is 11.3 Å². The van der Waals surface area contributed by atoms with Gasteiger partial charge in [-0.15, -0.1) is 11.3 Å². The molecule has 0 bridgehead atoms. The van der Waals surface area contributed by atoms with Crippen LogP contribution in [0.25, 0.3) is 11.1 Å². The number of thiophene rings is 1. The number of hydrogen-bond acceptors (Lipinski definition) is 3. The Hall–Kier alpha value is -2.73. The number of carbonyl (C=O) groups excluding carboxylic acids is 2. The highest BCUT2D eigenvalue weighted by Gasteiger charge is 2.32. The number of rotatable bonds is 4. The third-order valence-electron chi connectivity index (χ3n) is 5.51. The van der Waals surface area contributed by atoms with Gasteiger partial charge in [0.2, 0.25) is 0 Å². The monoisotopic (exact) mass is 428 g/mol. The molecule has 0 spiro atoms. The van der Waals surface area contributed by atoms with Gasteiger partial charge >= 0.3 is 6.18 Å². The van der Waals surface area contributed by atoms with Crippen molar-refractivity contribution in [3.05, 3.63) is 81.0 Å². The van der Waals surface area contributed by atoms with E-state index in [0.29, 0.717) is 40.8 Å². The summed E-state index contributed by atoms with van der Waals surface area (Å²) in [4.78, 5) is 26.3. The van der Waals surface area contributed by atoms with Gasteiger partial charge in [-0.1, -0.05) is 30.3 Å². The van der Waals surface area contributed by atoms with E-state index in [4.69, 9.17) is 0 Å². The van der Waals surface area contributed by atoms with Gasteiger partial charge in [-0.3, -0.25) is 9.59 Å². The molecule has 1 unspecified atom stereocenters. The zero-order chi connectivity index (χ0) is 21.5. The Kier molecular flexibility index (Phi) is 5.36. The first kappa shape index (κ1) is 20.5. The summed E-state index contributed by atoms with van der Waals surface area (Å²) in [6.07, 6.45) is -2.58. The van der Waals surface area contributed by atoms with E-state index in [1.54, 1.807) is 30.3 Å². The second-order valence-electron chi connectivity index (χ2n) is 7.54. The number of fused-ring (bicyclic) bond motifs is 1. The normalized spacial score (nSPS) is 16.4. The summed E-state index contributed by atoms with van der Waals surface area (Å²) in [6, 6.07) is 14.2. The van der Waals surface area contributed by atoms with Crippen molar-refractivity contribution in [3.63, 3.8) is 0 Å². The van der Waals surface area contributed by atoms with Crippen LogP contribution < -0.4 is 0 Å². The van der Waals surface area contributed by atoms with E-state index in [2.05, 4.69) is 0 Å². The van der Waals surface area contributed by atoms with Crippen molar-refractivity contribution in [2.75, 3.05) is 0 Å². The number of halogens is 3. The lowest BCUT2D eigenvalue weighted by Crippen LogP contribution is -2.24. The summed E-state index contributed by atoms with van der Waals surface area (Å²) in [5.41, 5.74) is 1.85. The second kappa shape index (κ2) is 7.84. The Morgan fingerprint density at radius 1 is 1.07 bits per heavy atom. The van der Waals surface area contributed by atoms with Crippen molar-refractivity contribution in [1.29, 1.82) is 0 Å². The van der Waals surface area contributed by atoms with E-state index in [1.807, 2.05) is 6.07 Å². The maximum atomic E-state index is 13.1. The topological polar surface area (TPSA) is 34.1 Å². The van der Waals surface area contributed by atoms with Crippen molar-refractivity contribution in [1.82, 2.24) is 0 Å². The van der Waals surface area contributed by atoms with Crippen molar-refractivity contribution in [2.24, 2.45) is 5.92 Å². The molecule has 1 aromatic heterocycles. The lowest BCUT2D eigenvalue weighted by Gasteiger charge is -2.25. The summed E-state index contributed by atoms with van der Waals surface area (Å²) in [5.74, 6) is -0.159. The van der Waals surface area contributed by atoms with E-state index >= 15 is 0 Å². The van der Waals surface area contributed by atoms with Gasteiger partial charge in [0, 0.05) is 16.4 Å². The molecular weight excluding hydrogens is 409 g/mol. The molecule has 2 nitrogen and oxygen atoms in total. The smallest absolute Gasteiger partial charge is 0.294 e. The van der Waals surface area contributed by atoms with Crippen molar-refractivity contribution in [3.8, 4) is 11.1 Å². The minimum absolute atomic E-state index is 0.0114. The van der Waals surface area contributed by atoms with Gasteiger partial charge in [0.1, 0.15) is 0 Å². The first-order valence-electron chi connectivity index (χ1n) is 9.67. The fourth-order valence-electron chi connectivity index (χ4n) is 4.00. The SMILES string of the molecule is CC(=O)c1ccc(CC2CCc3c(cccc3-c3cccc(C(F)(F)F)c3)C2=O)s1. The van der Waals surface area contributed by atoms with E-state index in [-0.39, 0.29) is 17.5 Å². The molecule has 1 aliphatic carbocycles. The number of Topliss-reactive ketones (excluding diaryl/α,β-unsaturated/α-hetero) is 2. The van der Waals surface area contributed by atoms with E-state index in [0.717, 1.165) is 22.6 Å². The molecule has 154 valence electrons. The van der Waals surface area contributed by atoms with Crippen molar-refractivity contribution < 1.29 is 22.8 Å². The molecule has 0 saturated carbocycles. The van der Waals surface area contributed by atoms with Crippen LogP contribution in [0.4, 0.5) is 13.2 Å². The molecule has 2 aromatic carbocycles. The zero-order valence-electron chi connectivity index (χ0n) is 16.3. The third kappa shape index (κ3) is 3.97. The molecule has 3 aromatic rings. The molecule has 1 atom stereocenters. The van der Waals surface area contributed by atoms with Crippen LogP contribution in [0.15, 0.2) is 54.6 Å². The molecule has 30 heavy (non-hydrogen) atoms. The van der Waals surface area contributed by atoms with Crippen LogP contribution in [0.1, 0.15) is 49.4 Å². The predicted molar refractivity (Wildman–Crippen MR) is 111 cm³/mol. The van der Waals surface area contributed by atoms with Gasteiger partial charge in [-0.2, -0.15) is 13.2 Å². The molecule has 0 saturated heterocycles. The first-order chi connectivity index (χ1) is 14.2. The molecule has 0 aliphatic heterocycles. The number of hydrogen-bond donors (Lipinski definition) is 0. The average molecular weight is 428 g/mol. The summed E-state index contributed by atoms with van der Waals surface area (Å²) in [7, 11) is 0. The second-order valence-corrected chi connectivity index (χ2v) is 8.70. The number of ketones is 2. The largest absolute Gasteiger partial charge is 0.416 e.